The molecule has 0 spiro atoms. The van der Waals surface area contributed by atoms with Gasteiger partial charge in [-0.15, -0.1) is 0 Å². The Morgan fingerprint density at radius 1 is 1.00 bits per heavy atom. The lowest BCUT2D eigenvalue weighted by molar-refractivity contribution is 0.659. The molecule has 0 amide bonds. The fourth-order valence-electron chi connectivity index (χ4n) is 1.72. The molecule has 68 valence electrons. The average molecular weight is 191 g/mol. The van der Waals surface area contributed by atoms with Gasteiger partial charge < -0.3 is 0 Å². The number of allylic oxidation sites excluding steroid dienone is 7. The third kappa shape index (κ3) is 1.80. The molecule has 0 aliphatic heterocycles. The van der Waals surface area contributed by atoms with E-state index in [0.717, 1.165) is 0 Å². The van der Waals surface area contributed by atoms with Gasteiger partial charge in [0.25, 0.3) is 0 Å². The fourth-order valence-corrected chi connectivity index (χ4v) is 2.50. The Bertz CT molecular complexity index is 305. The molecule has 0 saturated carbocycles. The number of hydrogen-bond donors (Lipinski definition) is 0. The Kier molecular flexibility index (Phi) is 2.45. The van der Waals surface area contributed by atoms with E-state index in [9.17, 15) is 0 Å². The van der Waals surface area contributed by atoms with Crippen LogP contribution >= 0.6 is 0 Å². The van der Waals surface area contributed by atoms with Crippen molar-refractivity contribution in [1.82, 2.24) is 0 Å². The van der Waals surface area contributed by atoms with E-state index in [1.165, 1.54) is 4.91 Å². The van der Waals surface area contributed by atoms with Crippen LogP contribution in [0.25, 0.3) is 0 Å². The van der Waals surface area contributed by atoms with E-state index < -0.39 is 0 Å². The highest BCUT2D eigenvalue weighted by molar-refractivity contribution is 7.99. The molecule has 0 aromatic rings. The number of fused-ring (bicyclic) bond motifs is 1. The lowest BCUT2D eigenvalue weighted by Crippen LogP contribution is -2.14. The molecule has 2 unspecified atom stereocenters. The summed E-state index contributed by atoms with van der Waals surface area (Å²) >= 11 is 0. The molecule has 0 fully saturated rings. The van der Waals surface area contributed by atoms with E-state index in [4.69, 9.17) is 0 Å². The molecule has 0 saturated heterocycles. The van der Waals surface area contributed by atoms with Crippen LogP contribution in [-0.2, 0) is 10.9 Å². The largest absolute Gasteiger partial charge is 0.150 e. The van der Waals surface area contributed by atoms with Crippen LogP contribution in [0.5, 0.6) is 0 Å². The van der Waals surface area contributed by atoms with Crippen LogP contribution in [0.15, 0.2) is 47.4 Å². The Morgan fingerprint density at radius 2 is 1.69 bits per heavy atom. The smallest absolute Gasteiger partial charge is 0.0767 e. The molecule has 0 N–H and O–H groups in total. The van der Waals surface area contributed by atoms with Gasteiger partial charge in [-0.1, -0.05) is 30.4 Å². The molecule has 2 atom stereocenters. The highest BCUT2D eigenvalue weighted by atomic mass is 32.2. The predicted molar refractivity (Wildman–Crippen MR) is 61.7 cm³/mol. The lowest BCUT2D eigenvalue weighted by atomic mass is 9.85. The molecule has 1 heteroatoms. The fraction of sp³-hybridized carbons (Fsp3) is 0.333. The van der Waals surface area contributed by atoms with E-state index in [1.807, 2.05) is 0 Å². The zero-order valence-electron chi connectivity index (χ0n) is 8.10. The van der Waals surface area contributed by atoms with Gasteiger partial charge in [0.05, 0.1) is 0 Å². The minimum atomic E-state index is 0.399. The Labute approximate surface area is 83.1 Å². The first-order valence-corrected chi connectivity index (χ1v) is 6.64. The second kappa shape index (κ2) is 3.59. The van der Waals surface area contributed by atoms with Crippen LogP contribution in [0.1, 0.15) is 0 Å². The molecule has 0 aromatic carbocycles. The standard InChI is InChI=1S/C12H15S/c1-13(2)12-8-7-10-5-3-4-6-11(10)9-12/h3-11H,1-2H3/q+1. The molecule has 0 heterocycles. The highest BCUT2D eigenvalue weighted by Gasteiger charge is 2.22. The molecule has 0 radical (unpaired) electrons. The first-order valence-electron chi connectivity index (χ1n) is 4.60. The lowest BCUT2D eigenvalue weighted by Gasteiger charge is -2.21. The van der Waals surface area contributed by atoms with E-state index in [2.05, 4.69) is 55.0 Å². The van der Waals surface area contributed by atoms with Crippen molar-refractivity contribution in [2.24, 2.45) is 11.8 Å². The summed E-state index contributed by atoms with van der Waals surface area (Å²) in [6.07, 6.45) is 20.4. The van der Waals surface area contributed by atoms with Crippen LogP contribution in [0.2, 0.25) is 0 Å². The molecular formula is C12H15S+. The van der Waals surface area contributed by atoms with Crippen molar-refractivity contribution in [3.8, 4) is 0 Å². The van der Waals surface area contributed by atoms with E-state index in [0.29, 0.717) is 22.7 Å². The van der Waals surface area contributed by atoms with Crippen LogP contribution in [0.3, 0.4) is 0 Å². The highest BCUT2D eigenvalue weighted by Crippen LogP contribution is 2.29. The Balaban J connectivity index is 2.22. The molecule has 2 aliphatic carbocycles. The van der Waals surface area contributed by atoms with Crippen molar-refractivity contribution in [1.29, 1.82) is 0 Å². The summed E-state index contributed by atoms with van der Waals surface area (Å²) in [4.78, 5) is 1.50. The van der Waals surface area contributed by atoms with Crippen molar-refractivity contribution >= 4 is 10.9 Å². The molecule has 13 heavy (non-hydrogen) atoms. The van der Waals surface area contributed by atoms with Crippen molar-refractivity contribution in [3.63, 3.8) is 0 Å². The molecule has 2 aliphatic rings. The van der Waals surface area contributed by atoms with Gasteiger partial charge in [0, 0.05) is 22.7 Å². The summed E-state index contributed by atoms with van der Waals surface area (Å²) in [5.74, 6) is 1.22. The van der Waals surface area contributed by atoms with Gasteiger partial charge >= 0.3 is 0 Å². The maximum atomic E-state index is 2.41. The first kappa shape index (κ1) is 8.89. The topological polar surface area (TPSA) is 0 Å². The molecular weight excluding hydrogens is 176 g/mol. The third-order valence-electron chi connectivity index (χ3n) is 2.53. The first-order chi connectivity index (χ1) is 6.27. The zero-order chi connectivity index (χ0) is 9.26. The average Bonchev–Trinajstić information content (AvgIpc) is 2.17. The number of rotatable bonds is 1. The van der Waals surface area contributed by atoms with Gasteiger partial charge in [-0.05, 0) is 12.2 Å². The van der Waals surface area contributed by atoms with Gasteiger partial charge in [-0.3, -0.25) is 0 Å². The van der Waals surface area contributed by atoms with Gasteiger partial charge in [0.15, 0.2) is 4.91 Å². The maximum Gasteiger partial charge on any atom is 0.150 e. The van der Waals surface area contributed by atoms with Gasteiger partial charge in [-0.25, -0.2) is 0 Å². The van der Waals surface area contributed by atoms with Crippen LogP contribution in [0.4, 0.5) is 0 Å². The summed E-state index contributed by atoms with van der Waals surface area (Å²) in [6.45, 7) is 0. The summed E-state index contributed by atoms with van der Waals surface area (Å²) < 4.78 is 0. The Morgan fingerprint density at radius 3 is 2.38 bits per heavy atom. The van der Waals surface area contributed by atoms with Crippen LogP contribution < -0.4 is 0 Å². The second-order valence-corrected chi connectivity index (χ2v) is 5.77. The van der Waals surface area contributed by atoms with Crippen molar-refractivity contribution < 1.29 is 0 Å². The summed E-state index contributed by atoms with van der Waals surface area (Å²) in [7, 11) is 0.399. The van der Waals surface area contributed by atoms with Crippen molar-refractivity contribution in [2.45, 2.75) is 0 Å². The van der Waals surface area contributed by atoms with Gasteiger partial charge in [0.1, 0.15) is 12.5 Å². The predicted octanol–water partition coefficient (Wildman–Crippen LogP) is 2.68. The monoisotopic (exact) mass is 191 g/mol. The van der Waals surface area contributed by atoms with Crippen LogP contribution in [-0.4, -0.2) is 12.5 Å². The number of hydrogen-bond acceptors (Lipinski definition) is 0. The minimum absolute atomic E-state index is 0.399. The SMILES string of the molecule is C[S+](C)C1=CC2C=CC=CC2C=C1. The summed E-state index contributed by atoms with van der Waals surface area (Å²) in [5, 5.41) is 0. The maximum absolute atomic E-state index is 2.41. The van der Waals surface area contributed by atoms with E-state index in [1.54, 1.807) is 0 Å². The van der Waals surface area contributed by atoms with Crippen LogP contribution in [0, 0.1) is 11.8 Å². The van der Waals surface area contributed by atoms with Crippen molar-refractivity contribution in [3.05, 3.63) is 47.4 Å². The van der Waals surface area contributed by atoms with Crippen molar-refractivity contribution in [2.75, 3.05) is 12.5 Å². The minimum Gasteiger partial charge on any atom is -0.0767 e. The molecule has 2 rings (SSSR count). The van der Waals surface area contributed by atoms with E-state index >= 15 is 0 Å². The Hall–Kier alpha value is -0.690. The molecule has 0 aromatic heterocycles. The normalized spacial score (nSPS) is 30.5. The second-order valence-electron chi connectivity index (χ2n) is 3.67. The zero-order valence-corrected chi connectivity index (χ0v) is 8.92. The van der Waals surface area contributed by atoms with Gasteiger partial charge in [0.2, 0.25) is 0 Å². The summed E-state index contributed by atoms with van der Waals surface area (Å²) in [5.41, 5.74) is 0. The van der Waals surface area contributed by atoms with E-state index in [-0.39, 0.29) is 0 Å². The summed E-state index contributed by atoms with van der Waals surface area (Å²) in [6, 6.07) is 0. The molecule has 0 nitrogen and oxygen atoms in total. The molecule has 0 bridgehead atoms. The third-order valence-corrected chi connectivity index (χ3v) is 3.75. The quantitative estimate of drug-likeness (QED) is 0.559. The van der Waals surface area contributed by atoms with Gasteiger partial charge in [-0.2, -0.15) is 0 Å².